The van der Waals surface area contributed by atoms with Crippen LogP contribution in [0.15, 0.2) is 60.7 Å². The predicted octanol–water partition coefficient (Wildman–Crippen LogP) is 3.42. The van der Waals surface area contributed by atoms with E-state index in [1.165, 1.54) is 0 Å². The fraction of sp³-hybridized carbons (Fsp3) is 0.158. The molecule has 116 valence electrons. The lowest BCUT2D eigenvalue weighted by atomic mass is 10.1. The standard InChI is InChI=1S/C19H16O4/c1-2-22-17(20)11-12-18(21)23-19-15-9-5-3-7-13(15)14-8-4-6-10-16(14)19/h3-12,19H,2H2,1H3/b12-11+. The van der Waals surface area contributed by atoms with Crippen molar-refractivity contribution in [2.24, 2.45) is 0 Å². The molecule has 4 heteroatoms. The number of fused-ring (bicyclic) bond motifs is 3. The number of hydrogen-bond donors (Lipinski definition) is 0. The van der Waals surface area contributed by atoms with Gasteiger partial charge in [0.05, 0.1) is 6.61 Å². The number of carbonyl (C=O) groups is 2. The maximum absolute atomic E-state index is 12.0. The van der Waals surface area contributed by atoms with Crippen LogP contribution in [0.1, 0.15) is 24.2 Å². The molecule has 0 spiro atoms. The molecule has 2 aromatic rings. The van der Waals surface area contributed by atoms with Gasteiger partial charge < -0.3 is 9.47 Å². The van der Waals surface area contributed by atoms with E-state index in [0.29, 0.717) is 0 Å². The molecular formula is C19H16O4. The van der Waals surface area contributed by atoms with Crippen LogP contribution in [0.5, 0.6) is 0 Å². The molecule has 3 rings (SSSR count). The molecule has 0 atom stereocenters. The van der Waals surface area contributed by atoms with Gasteiger partial charge in [0.2, 0.25) is 0 Å². The average Bonchev–Trinajstić information content (AvgIpc) is 2.88. The first-order valence-corrected chi connectivity index (χ1v) is 7.44. The van der Waals surface area contributed by atoms with Gasteiger partial charge in [0, 0.05) is 23.3 Å². The molecule has 0 radical (unpaired) electrons. The van der Waals surface area contributed by atoms with Crippen LogP contribution < -0.4 is 0 Å². The summed E-state index contributed by atoms with van der Waals surface area (Å²) in [7, 11) is 0. The Hall–Kier alpha value is -2.88. The van der Waals surface area contributed by atoms with Crippen LogP contribution in [0.2, 0.25) is 0 Å². The first kappa shape index (κ1) is 15.0. The van der Waals surface area contributed by atoms with E-state index in [2.05, 4.69) is 0 Å². The van der Waals surface area contributed by atoms with Gasteiger partial charge in [-0.15, -0.1) is 0 Å². The highest BCUT2D eigenvalue weighted by Gasteiger charge is 2.30. The number of rotatable bonds is 4. The van der Waals surface area contributed by atoms with E-state index < -0.39 is 18.0 Å². The Morgan fingerprint density at radius 2 is 1.43 bits per heavy atom. The van der Waals surface area contributed by atoms with Gasteiger partial charge in [-0.1, -0.05) is 48.5 Å². The Kier molecular flexibility index (Phi) is 4.24. The highest BCUT2D eigenvalue weighted by Crippen LogP contribution is 2.44. The number of benzene rings is 2. The quantitative estimate of drug-likeness (QED) is 0.641. The zero-order chi connectivity index (χ0) is 16.2. The second kappa shape index (κ2) is 6.48. The molecule has 0 unspecified atom stereocenters. The van der Waals surface area contributed by atoms with Crippen molar-refractivity contribution < 1.29 is 19.1 Å². The highest BCUT2D eigenvalue weighted by molar-refractivity contribution is 5.92. The third kappa shape index (κ3) is 3.01. The van der Waals surface area contributed by atoms with Gasteiger partial charge in [-0.05, 0) is 18.1 Å². The van der Waals surface area contributed by atoms with Crippen LogP contribution in [0.25, 0.3) is 11.1 Å². The Bertz CT molecular complexity index is 731. The van der Waals surface area contributed by atoms with Crippen molar-refractivity contribution in [3.8, 4) is 11.1 Å². The molecule has 0 bridgehead atoms. The Morgan fingerprint density at radius 1 is 0.913 bits per heavy atom. The van der Waals surface area contributed by atoms with E-state index in [-0.39, 0.29) is 6.61 Å². The summed E-state index contributed by atoms with van der Waals surface area (Å²) in [6, 6.07) is 15.7. The van der Waals surface area contributed by atoms with Gasteiger partial charge in [0.25, 0.3) is 0 Å². The average molecular weight is 308 g/mol. The molecule has 0 amide bonds. The summed E-state index contributed by atoms with van der Waals surface area (Å²) in [5, 5.41) is 0. The first-order valence-electron chi connectivity index (χ1n) is 7.44. The zero-order valence-corrected chi connectivity index (χ0v) is 12.7. The molecule has 4 nitrogen and oxygen atoms in total. The summed E-state index contributed by atoms with van der Waals surface area (Å²) >= 11 is 0. The smallest absolute Gasteiger partial charge is 0.331 e. The summed E-state index contributed by atoms with van der Waals surface area (Å²) in [6.45, 7) is 1.97. The number of esters is 2. The molecule has 0 saturated carbocycles. The molecule has 0 heterocycles. The lowest BCUT2D eigenvalue weighted by molar-refractivity contribution is -0.142. The minimum absolute atomic E-state index is 0.265. The lowest BCUT2D eigenvalue weighted by Gasteiger charge is -2.13. The predicted molar refractivity (Wildman–Crippen MR) is 85.6 cm³/mol. The minimum atomic E-state index is -0.574. The van der Waals surface area contributed by atoms with Crippen LogP contribution in [0, 0.1) is 0 Å². The van der Waals surface area contributed by atoms with Crippen molar-refractivity contribution in [3.63, 3.8) is 0 Å². The summed E-state index contributed by atoms with van der Waals surface area (Å²) in [4.78, 5) is 23.3. The second-order valence-corrected chi connectivity index (χ2v) is 5.08. The van der Waals surface area contributed by atoms with Crippen LogP contribution in [0.3, 0.4) is 0 Å². The lowest BCUT2D eigenvalue weighted by Crippen LogP contribution is -2.09. The van der Waals surface area contributed by atoms with Gasteiger partial charge in [-0.25, -0.2) is 9.59 Å². The third-order valence-corrected chi connectivity index (χ3v) is 3.65. The van der Waals surface area contributed by atoms with Crippen LogP contribution in [-0.2, 0) is 19.1 Å². The molecule has 1 aliphatic carbocycles. The Balaban J connectivity index is 1.83. The summed E-state index contributed by atoms with van der Waals surface area (Å²) < 4.78 is 10.3. The van der Waals surface area contributed by atoms with Crippen LogP contribution in [0.4, 0.5) is 0 Å². The summed E-state index contributed by atoms with van der Waals surface area (Å²) in [5.41, 5.74) is 4.03. The first-order chi connectivity index (χ1) is 11.2. The number of hydrogen-bond acceptors (Lipinski definition) is 4. The third-order valence-electron chi connectivity index (χ3n) is 3.65. The van der Waals surface area contributed by atoms with Crippen molar-refractivity contribution >= 4 is 11.9 Å². The van der Waals surface area contributed by atoms with Crippen molar-refractivity contribution in [2.45, 2.75) is 13.0 Å². The molecular weight excluding hydrogens is 292 g/mol. The van der Waals surface area contributed by atoms with Crippen LogP contribution >= 0.6 is 0 Å². The normalized spacial score (nSPS) is 12.7. The van der Waals surface area contributed by atoms with E-state index in [1.54, 1.807) is 6.92 Å². The van der Waals surface area contributed by atoms with Gasteiger partial charge in [0.1, 0.15) is 0 Å². The van der Waals surface area contributed by atoms with Crippen molar-refractivity contribution in [1.82, 2.24) is 0 Å². The van der Waals surface area contributed by atoms with E-state index in [9.17, 15) is 9.59 Å². The maximum atomic E-state index is 12.0. The van der Waals surface area contributed by atoms with Crippen molar-refractivity contribution in [2.75, 3.05) is 6.61 Å². The summed E-state index contributed by atoms with van der Waals surface area (Å²) in [6.07, 6.45) is 1.72. The number of ether oxygens (including phenoxy) is 2. The number of carbonyl (C=O) groups excluding carboxylic acids is 2. The Morgan fingerprint density at radius 3 is 2.00 bits per heavy atom. The molecule has 2 aromatic carbocycles. The molecule has 0 N–H and O–H groups in total. The monoisotopic (exact) mass is 308 g/mol. The zero-order valence-electron chi connectivity index (χ0n) is 12.7. The molecule has 1 aliphatic rings. The van der Waals surface area contributed by atoms with Crippen LogP contribution in [-0.4, -0.2) is 18.5 Å². The fourth-order valence-corrected chi connectivity index (χ4v) is 2.72. The van der Waals surface area contributed by atoms with Gasteiger partial charge in [-0.2, -0.15) is 0 Å². The molecule has 0 fully saturated rings. The Labute approximate surface area is 134 Å². The van der Waals surface area contributed by atoms with E-state index in [1.807, 2.05) is 48.5 Å². The van der Waals surface area contributed by atoms with Gasteiger partial charge >= 0.3 is 11.9 Å². The second-order valence-electron chi connectivity index (χ2n) is 5.08. The maximum Gasteiger partial charge on any atom is 0.331 e. The van der Waals surface area contributed by atoms with Gasteiger partial charge in [-0.3, -0.25) is 0 Å². The molecule has 0 saturated heterocycles. The van der Waals surface area contributed by atoms with Crippen molar-refractivity contribution in [3.05, 3.63) is 71.8 Å². The fourth-order valence-electron chi connectivity index (χ4n) is 2.72. The van der Waals surface area contributed by atoms with E-state index in [0.717, 1.165) is 34.4 Å². The highest BCUT2D eigenvalue weighted by atomic mass is 16.5. The van der Waals surface area contributed by atoms with Crippen molar-refractivity contribution in [1.29, 1.82) is 0 Å². The van der Waals surface area contributed by atoms with E-state index >= 15 is 0 Å². The molecule has 0 aromatic heterocycles. The van der Waals surface area contributed by atoms with E-state index in [4.69, 9.17) is 9.47 Å². The van der Waals surface area contributed by atoms with Gasteiger partial charge in [0.15, 0.2) is 6.10 Å². The minimum Gasteiger partial charge on any atom is -0.463 e. The summed E-state index contributed by atoms with van der Waals surface area (Å²) in [5.74, 6) is -1.13. The SMILES string of the molecule is CCOC(=O)/C=C/C(=O)OC1c2ccccc2-c2ccccc21. The molecule has 0 aliphatic heterocycles. The topological polar surface area (TPSA) is 52.6 Å². The largest absolute Gasteiger partial charge is 0.463 e. The molecule has 23 heavy (non-hydrogen) atoms.